The maximum absolute atomic E-state index is 13.2. The van der Waals surface area contributed by atoms with Crippen LogP contribution in [0.15, 0.2) is 18.2 Å². The highest BCUT2D eigenvalue weighted by Gasteiger charge is 2.32. The molecule has 0 aliphatic carbocycles. The fourth-order valence-electron chi connectivity index (χ4n) is 3.87. The average Bonchev–Trinajstić information content (AvgIpc) is 2.67. The van der Waals surface area contributed by atoms with Gasteiger partial charge < -0.3 is 15.0 Å². The van der Waals surface area contributed by atoms with Crippen LogP contribution in [0.3, 0.4) is 0 Å². The number of likely N-dealkylation sites (tertiary alicyclic amines) is 1. The van der Waals surface area contributed by atoms with Crippen molar-refractivity contribution >= 4 is 17.3 Å². The number of benzene rings is 1. The third kappa shape index (κ3) is 4.97. The first-order chi connectivity index (χ1) is 13.3. The molecule has 0 bridgehead atoms. The van der Waals surface area contributed by atoms with Gasteiger partial charge >= 0.3 is 6.18 Å². The van der Waals surface area contributed by atoms with Gasteiger partial charge in [-0.05, 0) is 50.4 Å². The predicted molar refractivity (Wildman–Crippen MR) is 103 cm³/mol. The van der Waals surface area contributed by atoms with Crippen molar-refractivity contribution in [2.24, 2.45) is 5.92 Å². The molecule has 8 heteroatoms. The van der Waals surface area contributed by atoms with Gasteiger partial charge in [0.2, 0.25) is 5.91 Å². The number of alkyl halides is 3. The topological polar surface area (TPSA) is 44.8 Å². The van der Waals surface area contributed by atoms with Crippen molar-refractivity contribution < 1.29 is 22.7 Å². The van der Waals surface area contributed by atoms with E-state index in [0.29, 0.717) is 37.9 Å². The molecule has 0 saturated carbocycles. The molecule has 0 radical (unpaired) electrons. The molecule has 2 unspecified atom stereocenters. The van der Waals surface area contributed by atoms with Crippen molar-refractivity contribution in [1.29, 1.82) is 0 Å². The lowest BCUT2D eigenvalue weighted by Gasteiger charge is -2.35. The van der Waals surface area contributed by atoms with E-state index in [1.807, 2.05) is 11.8 Å². The molecular formula is C20H28F3N3O2. The Kier molecular flexibility index (Phi) is 6.50. The fourth-order valence-corrected chi connectivity index (χ4v) is 3.87. The lowest BCUT2D eigenvalue weighted by atomic mass is 9.99. The van der Waals surface area contributed by atoms with Gasteiger partial charge in [0.05, 0.1) is 36.2 Å². The Bertz CT molecular complexity index is 690. The number of carbonyl (C=O) groups excluding carboxylic acids is 1. The van der Waals surface area contributed by atoms with Crippen LogP contribution in [0.25, 0.3) is 0 Å². The fraction of sp³-hybridized carbons (Fsp3) is 0.650. The number of morpholine rings is 1. The number of hydrogen-bond acceptors (Lipinski definition) is 4. The second kappa shape index (κ2) is 8.69. The second-order valence-electron chi connectivity index (χ2n) is 7.74. The van der Waals surface area contributed by atoms with Gasteiger partial charge in [-0.3, -0.25) is 9.69 Å². The molecule has 2 fully saturated rings. The van der Waals surface area contributed by atoms with Crippen LogP contribution in [0.4, 0.5) is 24.5 Å². The quantitative estimate of drug-likeness (QED) is 0.840. The van der Waals surface area contributed by atoms with Crippen molar-refractivity contribution in [3.63, 3.8) is 0 Å². The zero-order valence-electron chi connectivity index (χ0n) is 16.4. The van der Waals surface area contributed by atoms with Crippen molar-refractivity contribution in [3.05, 3.63) is 23.8 Å². The first-order valence-corrected chi connectivity index (χ1v) is 9.84. The number of amides is 1. The molecule has 28 heavy (non-hydrogen) atoms. The minimum Gasteiger partial charge on any atom is -0.378 e. The van der Waals surface area contributed by atoms with Gasteiger partial charge in [-0.2, -0.15) is 13.2 Å². The highest BCUT2D eigenvalue weighted by Crippen LogP contribution is 2.36. The summed E-state index contributed by atoms with van der Waals surface area (Å²) in [5.74, 6) is 0.240. The summed E-state index contributed by atoms with van der Waals surface area (Å²) in [6, 6.07) is 3.15. The maximum Gasteiger partial charge on any atom is 0.416 e. The summed E-state index contributed by atoms with van der Waals surface area (Å²) in [5, 5.41) is 2.77. The maximum atomic E-state index is 13.2. The van der Waals surface area contributed by atoms with Gasteiger partial charge in [0.1, 0.15) is 0 Å². The number of carbonyl (C=O) groups is 1. The van der Waals surface area contributed by atoms with Crippen molar-refractivity contribution in [2.45, 2.75) is 38.9 Å². The van der Waals surface area contributed by atoms with Crippen molar-refractivity contribution in [1.82, 2.24) is 4.90 Å². The normalized spacial score (nSPS) is 22.8. The zero-order chi connectivity index (χ0) is 20.3. The molecule has 1 aromatic rings. The molecule has 5 nitrogen and oxygen atoms in total. The highest BCUT2D eigenvalue weighted by molar-refractivity contribution is 5.97. The Morgan fingerprint density at radius 3 is 2.61 bits per heavy atom. The molecule has 3 rings (SSSR count). The number of nitrogens with zero attached hydrogens (tertiary/aromatic N) is 2. The first kappa shape index (κ1) is 20.9. The molecule has 1 aromatic carbocycles. The molecule has 1 amide bonds. The summed E-state index contributed by atoms with van der Waals surface area (Å²) in [6.45, 7) is 7.80. The van der Waals surface area contributed by atoms with Gasteiger partial charge in [0.25, 0.3) is 0 Å². The summed E-state index contributed by atoms with van der Waals surface area (Å²) in [5.41, 5.74) is 0.0431. The third-order valence-electron chi connectivity index (χ3n) is 5.55. The molecule has 2 aliphatic rings. The smallest absolute Gasteiger partial charge is 0.378 e. The van der Waals surface area contributed by atoms with E-state index in [1.54, 1.807) is 0 Å². The van der Waals surface area contributed by atoms with Crippen LogP contribution in [0.1, 0.15) is 32.3 Å². The van der Waals surface area contributed by atoms with Gasteiger partial charge in [-0.25, -0.2) is 0 Å². The molecule has 156 valence electrons. The lowest BCUT2D eigenvalue weighted by molar-refractivity contribution is -0.137. The van der Waals surface area contributed by atoms with Gasteiger partial charge in [0, 0.05) is 19.6 Å². The Morgan fingerprint density at radius 1 is 1.25 bits per heavy atom. The van der Waals surface area contributed by atoms with Crippen LogP contribution in [0.2, 0.25) is 0 Å². The van der Waals surface area contributed by atoms with E-state index in [9.17, 15) is 18.0 Å². The number of nitrogens with one attached hydrogen (secondary N) is 1. The first-order valence-electron chi connectivity index (χ1n) is 9.84. The van der Waals surface area contributed by atoms with Gasteiger partial charge in [0.15, 0.2) is 0 Å². The van der Waals surface area contributed by atoms with E-state index in [0.717, 1.165) is 38.1 Å². The largest absolute Gasteiger partial charge is 0.416 e. The van der Waals surface area contributed by atoms with Crippen LogP contribution in [-0.2, 0) is 15.7 Å². The molecule has 2 saturated heterocycles. The predicted octanol–water partition coefficient (Wildman–Crippen LogP) is 3.60. The minimum absolute atomic E-state index is 0.207. The molecule has 2 atom stereocenters. The van der Waals surface area contributed by atoms with E-state index in [1.165, 1.54) is 6.07 Å². The summed E-state index contributed by atoms with van der Waals surface area (Å²) >= 11 is 0. The molecule has 0 spiro atoms. The SMILES string of the molecule is CC1CCCN(C(C)C(=O)Nc2cc(C(F)(F)F)ccc2N2CCOCC2)C1. The Hall–Kier alpha value is -1.80. The van der Waals surface area contributed by atoms with Crippen LogP contribution in [-0.4, -0.2) is 56.2 Å². The molecule has 2 aliphatic heterocycles. The second-order valence-corrected chi connectivity index (χ2v) is 7.74. The molecule has 0 aromatic heterocycles. The number of anilines is 2. The number of rotatable bonds is 4. The average molecular weight is 399 g/mol. The highest BCUT2D eigenvalue weighted by atomic mass is 19.4. The van der Waals surface area contributed by atoms with Crippen LogP contribution in [0.5, 0.6) is 0 Å². The van der Waals surface area contributed by atoms with E-state index >= 15 is 0 Å². The van der Waals surface area contributed by atoms with Gasteiger partial charge in [-0.15, -0.1) is 0 Å². The summed E-state index contributed by atoms with van der Waals surface area (Å²) in [6.07, 6.45) is -2.29. The molecule has 1 N–H and O–H groups in total. The zero-order valence-corrected chi connectivity index (χ0v) is 16.4. The summed E-state index contributed by atoms with van der Waals surface area (Å²) in [4.78, 5) is 16.9. The minimum atomic E-state index is -4.46. The van der Waals surface area contributed by atoms with Crippen LogP contribution in [0, 0.1) is 5.92 Å². The van der Waals surface area contributed by atoms with Gasteiger partial charge in [-0.1, -0.05) is 6.92 Å². The Labute approximate surface area is 163 Å². The number of hydrogen-bond donors (Lipinski definition) is 1. The molecule has 2 heterocycles. The Morgan fingerprint density at radius 2 is 1.96 bits per heavy atom. The number of ether oxygens (including phenoxy) is 1. The standard InChI is InChI=1S/C20H28F3N3O2/c1-14-4-3-7-26(13-14)15(2)19(27)24-17-12-16(20(21,22)23)5-6-18(17)25-8-10-28-11-9-25/h5-6,12,14-15H,3-4,7-11,13H2,1-2H3,(H,24,27). The van der Waals surface area contributed by atoms with E-state index < -0.39 is 17.8 Å². The van der Waals surface area contributed by atoms with Crippen molar-refractivity contribution in [2.75, 3.05) is 49.6 Å². The monoisotopic (exact) mass is 399 g/mol. The summed E-state index contributed by atoms with van der Waals surface area (Å²) in [7, 11) is 0. The molecular weight excluding hydrogens is 371 g/mol. The van der Waals surface area contributed by atoms with E-state index in [2.05, 4.69) is 17.1 Å². The third-order valence-corrected chi connectivity index (χ3v) is 5.55. The lowest BCUT2D eigenvalue weighted by Crippen LogP contribution is -2.46. The number of piperidine rings is 1. The van der Waals surface area contributed by atoms with Crippen molar-refractivity contribution in [3.8, 4) is 0 Å². The van der Waals surface area contributed by atoms with E-state index in [4.69, 9.17) is 4.74 Å². The van der Waals surface area contributed by atoms with Crippen LogP contribution < -0.4 is 10.2 Å². The van der Waals surface area contributed by atoms with Crippen LogP contribution >= 0.6 is 0 Å². The summed E-state index contributed by atoms with van der Waals surface area (Å²) < 4.78 is 45.0. The number of halogens is 3. The Balaban J connectivity index is 1.82. The van der Waals surface area contributed by atoms with E-state index in [-0.39, 0.29) is 11.6 Å².